The van der Waals surface area contributed by atoms with E-state index in [0.29, 0.717) is 27.4 Å². The highest BCUT2D eigenvalue weighted by molar-refractivity contribution is 7.20. The van der Waals surface area contributed by atoms with E-state index in [1.165, 1.54) is 23.5 Å². The Labute approximate surface area is 145 Å². The van der Waals surface area contributed by atoms with Crippen LogP contribution >= 0.6 is 22.9 Å². The second-order valence-electron chi connectivity index (χ2n) is 5.16. The molecule has 0 bridgehead atoms. The lowest BCUT2D eigenvalue weighted by atomic mass is 10.1. The second-order valence-corrected chi connectivity index (χ2v) is 6.55. The minimum absolute atomic E-state index is 0.258. The van der Waals surface area contributed by atoms with Crippen LogP contribution in [0.4, 0.5) is 15.2 Å². The number of anilines is 2. The zero-order chi connectivity index (χ0) is 16.5. The zero-order valence-corrected chi connectivity index (χ0v) is 13.9. The lowest BCUT2D eigenvalue weighted by molar-refractivity contribution is 0.627. The summed E-state index contributed by atoms with van der Waals surface area (Å²) < 4.78 is 14.7. The van der Waals surface area contributed by atoms with Crippen LogP contribution in [0.5, 0.6) is 0 Å². The molecule has 1 N–H and O–H groups in total. The van der Waals surface area contributed by atoms with Crippen LogP contribution in [0.15, 0.2) is 48.5 Å². The predicted molar refractivity (Wildman–Crippen MR) is 92.6 cm³/mol. The summed E-state index contributed by atoms with van der Waals surface area (Å²) in [7, 11) is 0. The largest absolute Gasteiger partial charge is 0.330 e. The van der Waals surface area contributed by atoms with Gasteiger partial charge in [0.05, 0.1) is 0 Å². The fourth-order valence-electron chi connectivity index (χ4n) is 2.29. The molecule has 8 heteroatoms. The van der Waals surface area contributed by atoms with Crippen LogP contribution in [0, 0.1) is 5.82 Å². The standard InChI is InChI=1S/C16H11ClFN5S/c17-11-2-1-3-13(9-11)19-15-22-23-14(20-21-16(23)24-15)8-10-4-6-12(18)7-5-10/h1-7,9H,8H2,(H,19,22). The Hall–Kier alpha value is -2.51. The Morgan fingerprint density at radius 2 is 1.96 bits per heavy atom. The summed E-state index contributed by atoms with van der Waals surface area (Å²) in [6.45, 7) is 0. The molecule has 120 valence electrons. The summed E-state index contributed by atoms with van der Waals surface area (Å²) in [6, 6.07) is 13.7. The van der Waals surface area contributed by atoms with E-state index < -0.39 is 0 Å². The number of aromatic nitrogens is 4. The predicted octanol–water partition coefficient (Wildman–Crippen LogP) is 4.31. The Morgan fingerprint density at radius 3 is 2.75 bits per heavy atom. The number of nitrogens with one attached hydrogen (secondary N) is 1. The molecule has 0 amide bonds. The summed E-state index contributed by atoms with van der Waals surface area (Å²) >= 11 is 7.38. The normalized spacial score (nSPS) is 11.1. The lowest BCUT2D eigenvalue weighted by Crippen LogP contribution is -1.99. The molecule has 5 nitrogen and oxygen atoms in total. The van der Waals surface area contributed by atoms with Gasteiger partial charge in [0.25, 0.3) is 0 Å². The highest BCUT2D eigenvalue weighted by Crippen LogP contribution is 2.25. The van der Waals surface area contributed by atoms with Crippen molar-refractivity contribution in [2.24, 2.45) is 0 Å². The molecule has 0 saturated carbocycles. The molecule has 0 unspecified atom stereocenters. The van der Waals surface area contributed by atoms with E-state index >= 15 is 0 Å². The third kappa shape index (κ3) is 3.08. The molecule has 0 aliphatic heterocycles. The van der Waals surface area contributed by atoms with Gasteiger partial charge in [0, 0.05) is 17.1 Å². The molecule has 0 aliphatic carbocycles. The monoisotopic (exact) mass is 359 g/mol. The van der Waals surface area contributed by atoms with E-state index in [-0.39, 0.29) is 5.82 Å². The number of hydrogen-bond donors (Lipinski definition) is 1. The van der Waals surface area contributed by atoms with Crippen molar-refractivity contribution in [2.45, 2.75) is 6.42 Å². The SMILES string of the molecule is Fc1ccc(Cc2nnc3sc(Nc4cccc(Cl)c4)nn23)cc1. The van der Waals surface area contributed by atoms with Gasteiger partial charge >= 0.3 is 0 Å². The second kappa shape index (κ2) is 6.18. The van der Waals surface area contributed by atoms with Gasteiger partial charge in [-0.15, -0.1) is 15.3 Å². The number of fused-ring (bicyclic) bond motifs is 1. The molecule has 4 aromatic rings. The number of hydrogen-bond acceptors (Lipinski definition) is 5. The summed E-state index contributed by atoms with van der Waals surface area (Å²) in [4.78, 5) is 0.691. The maximum atomic E-state index is 13.0. The van der Waals surface area contributed by atoms with Gasteiger partial charge in [-0.05, 0) is 35.9 Å². The van der Waals surface area contributed by atoms with Crippen LogP contribution in [0.3, 0.4) is 0 Å². The van der Waals surface area contributed by atoms with E-state index in [1.54, 1.807) is 16.6 Å². The van der Waals surface area contributed by atoms with E-state index in [1.807, 2.05) is 24.3 Å². The van der Waals surface area contributed by atoms with Gasteiger partial charge in [-0.2, -0.15) is 4.52 Å². The Bertz CT molecular complexity index is 995. The van der Waals surface area contributed by atoms with Gasteiger partial charge in [-0.3, -0.25) is 0 Å². The average Bonchev–Trinajstić information content (AvgIpc) is 3.11. The van der Waals surface area contributed by atoms with Crippen molar-refractivity contribution in [3.8, 4) is 0 Å². The minimum Gasteiger partial charge on any atom is -0.330 e. The Kier molecular flexibility index (Phi) is 3.87. The Balaban J connectivity index is 1.60. The smallest absolute Gasteiger partial charge is 0.236 e. The molecular formula is C16H11ClFN5S. The van der Waals surface area contributed by atoms with Crippen molar-refractivity contribution in [1.82, 2.24) is 19.8 Å². The molecule has 0 aliphatic rings. The van der Waals surface area contributed by atoms with E-state index in [4.69, 9.17) is 11.6 Å². The summed E-state index contributed by atoms with van der Waals surface area (Å²) in [5.74, 6) is 0.443. The topological polar surface area (TPSA) is 55.1 Å². The summed E-state index contributed by atoms with van der Waals surface area (Å²) in [5.41, 5.74) is 1.80. The van der Waals surface area contributed by atoms with Crippen molar-refractivity contribution in [2.75, 3.05) is 5.32 Å². The highest BCUT2D eigenvalue weighted by atomic mass is 35.5. The average molecular weight is 360 g/mol. The van der Waals surface area contributed by atoms with Gasteiger partial charge in [-0.1, -0.05) is 41.1 Å². The van der Waals surface area contributed by atoms with Crippen LogP contribution in [0.25, 0.3) is 4.96 Å². The van der Waals surface area contributed by atoms with E-state index in [0.717, 1.165) is 11.3 Å². The first-order valence-electron chi connectivity index (χ1n) is 7.15. The van der Waals surface area contributed by atoms with Gasteiger partial charge in [0.2, 0.25) is 10.1 Å². The van der Waals surface area contributed by atoms with Gasteiger partial charge in [0.1, 0.15) is 5.82 Å². The van der Waals surface area contributed by atoms with E-state index in [2.05, 4.69) is 20.6 Å². The van der Waals surface area contributed by atoms with Crippen LogP contribution in [0.1, 0.15) is 11.4 Å². The van der Waals surface area contributed by atoms with Crippen molar-refractivity contribution < 1.29 is 4.39 Å². The fraction of sp³-hybridized carbons (Fsp3) is 0.0625. The number of benzene rings is 2. The first-order valence-corrected chi connectivity index (χ1v) is 8.35. The number of halogens is 2. The molecule has 0 radical (unpaired) electrons. The van der Waals surface area contributed by atoms with Crippen LogP contribution in [-0.2, 0) is 6.42 Å². The van der Waals surface area contributed by atoms with Crippen LogP contribution in [-0.4, -0.2) is 19.8 Å². The van der Waals surface area contributed by atoms with Crippen molar-refractivity contribution in [3.05, 3.63) is 70.8 Å². The maximum Gasteiger partial charge on any atom is 0.236 e. The molecule has 24 heavy (non-hydrogen) atoms. The summed E-state index contributed by atoms with van der Waals surface area (Å²) in [5, 5.41) is 17.3. The molecule has 2 aromatic carbocycles. The quantitative estimate of drug-likeness (QED) is 0.589. The lowest BCUT2D eigenvalue weighted by Gasteiger charge is -2.01. The highest BCUT2D eigenvalue weighted by Gasteiger charge is 2.12. The maximum absolute atomic E-state index is 13.0. The fourth-order valence-corrected chi connectivity index (χ4v) is 3.26. The molecule has 0 spiro atoms. The Morgan fingerprint density at radius 1 is 1.12 bits per heavy atom. The first-order chi connectivity index (χ1) is 11.7. The molecule has 2 heterocycles. The van der Waals surface area contributed by atoms with Crippen molar-refractivity contribution in [1.29, 1.82) is 0 Å². The zero-order valence-electron chi connectivity index (χ0n) is 12.3. The molecular weight excluding hydrogens is 349 g/mol. The third-order valence-electron chi connectivity index (χ3n) is 3.41. The first kappa shape index (κ1) is 15.0. The van der Waals surface area contributed by atoms with Crippen molar-refractivity contribution >= 4 is 38.7 Å². The minimum atomic E-state index is -0.258. The molecule has 0 atom stereocenters. The van der Waals surface area contributed by atoms with Gasteiger partial charge < -0.3 is 5.32 Å². The van der Waals surface area contributed by atoms with Gasteiger partial charge in [0.15, 0.2) is 5.82 Å². The summed E-state index contributed by atoms with van der Waals surface area (Å²) in [6.07, 6.45) is 0.530. The van der Waals surface area contributed by atoms with Crippen LogP contribution < -0.4 is 5.32 Å². The molecule has 0 saturated heterocycles. The van der Waals surface area contributed by atoms with Gasteiger partial charge in [-0.25, -0.2) is 4.39 Å². The molecule has 0 fully saturated rings. The van der Waals surface area contributed by atoms with Crippen molar-refractivity contribution in [3.63, 3.8) is 0 Å². The molecule has 4 rings (SSSR count). The number of nitrogens with zero attached hydrogens (tertiary/aromatic N) is 4. The van der Waals surface area contributed by atoms with E-state index in [9.17, 15) is 4.39 Å². The molecule has 2 aromatic heterocycles. The number of rotatable bonds is 4. The van der Waals surface area contributed by atoms with Crippen LogP contribution in [0.2, 0.25) is 5.02 Å². The third-order valence-corrected chi connectivity index (χ3v) is 4.46.